The minimum Gasteiger partial charge on any atom is -0.491 e. The van der Waals surface area contributed by atoms with Gasteiger partial charge in [-0.05, 0) is 36.4 Å². The lowest BCUT2D eigenvalue weighted by atomic mass is 10.2. The van der Waals surface area contributed by atoms with Crippen molar-refractivity contribution >= 4 is 16.8 Å². The molecule has 4 rings (SSSR count). The van der Waals surface area contributed by atoms with Crippen molar-refractivity contribution in [3.8, 4) is 17.2 Å². The molecule has 1 fully saturated rings. The predicted molar refractivity (Wildman–Crippen MR) is 89.0 cm³/mol. The number of hydrogen-bond donors (Lipinski definition) is 0. The van der Waals surface area contributed by atoms with Crippen molar-refractivity contribution in [2.45, 2.75) is 6.10 Å². The van der Waals surface area contributed by atoms with Crippen molar-refractivity contribution < 1.29 is 13.9 Å². The summed E-state index contributed by atoms with van der Waals surface area (Å²) in [6.45, 7) is 1.37. The smallest absolute Gasteiger partial charge is 0.227 e. The highest BCUT2D eigenvalue weighted by molar-refractivity contribution is 5.77. The van der Waals surface area contributed by atoms with E-state index in [-0.39, 0.29) is 6.10 Å². The van der Waals surface area contributed by atoms with Gasteiger partial charge in [0.15, 0.2) is 5.58 Å². The van der Waals surface area contributed by atoms with Gasteiger partial charge in [0.1, 0.15) is 24.0 Å². The Labute approximate surface area is 134 Å². The van der Waals surface area contributed by atoms with E-state index in [0.29, 0.717) is 12.5 Å². The van der Waals surface area contributed by atoms with Crippen LogP contribution >= 0.6 is 0 Å². The van der Waals surface area contributed by atoms with Crippen molar-refractivity contribution in [2.75, 3.05) is 32.2 Å². The first kappa shape index (κ1) is 14.1. The van der Waals surface area contributed by atoms with Crippen molar-refractivity contribution in [1.82, 2.24) is 4.98 Å². The third-order valence-electron chi connectivity index (χ3n) is 3.83. The zero-order chi connectivity index (χ0) is 15.8. The largest absolute Gasteiger partial charge is 0.491 e. The summed E-state index contributed by atoms with van der Waals surface area (Å²) in [7, 11) is 4.03. The molecule has 0 saturated carbocycles. The van der Waals surface area contributed by atoms with Crippen molar-refractivity contribution in [3.05, 3.63) is 42.5 Å². The molecule has 2 aromatic carbocycles. The van der Waals surface area contributed by atoms with Crippen molar-refractivity contribution in [3.63, 3.8) is 0 Å². The Morgan fingerprint density at radius 2 is 1.96 bits per heavy atom. The molecule has 0 amide bonds. The fraction of sp³-hybridized carbons (Fsp3) is 0.278. The van der Waals surface area contributed by atoms with Gasteiger partial charge in [0.2, 0.25) is 5.89 Å². The lowest BCUT2D eigenvalue weighted by Gasteiger charge is -2.11. The number of oxazole rings is 1. The van der Waals surface area contributed by atoms with Crippen LogP contribution in [0.4, 0.5) is 5.69 Å². The van der Waals surface area contributed by atoms with E-state index in [1.165, 1.54) is 0 Å². The molecule has 1 saturated heterocycles. The zero-order valence-corrected chi connectivity index (χ0v) is 13.2. The van der Waals surface area contributed by atoms with E-state index in [1.807, 2.05) is 56.6 Å². The van der Waals surface area contributed by atoms with Crippen LogP contribution in [0, 0.1) is 0 Å². The second kappa shape index (κ2) is 5.59. The monoisotopic (exact) mass is 310 g/mol. The number of aromatic nitrogens is 1. The Hall–Kier alpha value is -2.53. The van der Waals surface area contributed by atoms with Crippen LogP contribution in [0.25, 0.3) is 22.6 Å². The van der Waals surface area contributed by atoms with Gasteiger partial charge in [-0.3, -0.25) is 0 Å². The highest BCUT2D eigenvalue weighted by Gasteiger charge is 2.23. The number of benzene rings is 2. The second-order valence-corrected chi connectivity index (χ2v) is 5.86. The first-order chi connectivity index (χ1) is 11.2. The normalized spacial score (nSPS) is 16.5. The van der Waals surface area contributed by atoms with Gasteiger partial charge in [0.05, 0.1) is 6.61 Å². The van der Waals surface area contributed by atoms with Crippen LogP contribution in [0.3, 0.4) is 0 Å². The van der Waals surface area contributed by atoms with Crippen LogP contribution in [0.5, 0.6) is 5.75 Å². The lowest BCUT2D eigenvalue weighted by Crippen LogP contribution is -2.07. The molecule has 1 aliphatic heterocycles. The molecule has 3 aromatic rings. The van der Waals surface area contributed by atoms with Crippen LogP contribution in [0.1, 0.15) is 0 Å². The standard InChI is InChI=1S/C18H18N2O3/c1-20(2)13-5-3-12(4-6-13)18-19-16-8-7-14(9-17(16)23-18)21-10-15-11-22-15/h3-9,15H,10-11H2,1-2H3/t15-/m1/s1. The Morgan fingerprint density at radius 3 is 2.65 bits per heavy atom. The maximum atomic E-state index is 5.88. The molecule has 0 radical (unpaired) electrons. The van der Waals surface area contributed by atoms with E-state index in [0.717, 1.165) is 34.7 Å². The third kappa shape index (κ3) is 3.00. The van der Waals surface area contributed by atoms with Gasteiger partial charge in [-0.2, -0.15) is 0 Å². The molecule has 118 valence electrons. The molecule has 0 bridgehead atoms. The molecule has 1 aromatic heterocycles. The van der Waals surface area contributed by atoms with Gasteiger partial charge in [-0.25, -0.2) is 4.98 Å². The number of hydrogen-bond acceptors (Lipinski definition) is 5. The Morgan fingerprint density at radius 1 is 1.17 bits per heavy atom. The lowest BCUT2D eigenvalue weighted by molar-refractivity contribution is 0.263. The van der Waals surface area contributed by atoms with E-state index in [4.69, 9.17) is 13.9 Å². The van der Waals surface area contributed by atoms with Gasteiger partial charge in [-0.15, -0.1) is 0 Å². The SMILES string of the molecule is CN(C)c1ccc(-c2nc3ccc(OC[C@@H]4CO4)cc3o2)cc1. The third-order valence-corrected chi connectivity index (χ3v) is 3.83. The summed E-state index contributed by atoms with van der Waals surface area (Å²) in [6, 6.07) is 13.8. The van der Waals surface area contributed by atoms with E-state index in [1.54, 1.807) is 0 Å². The fourth-order valence-electron chi connectivity index (χ4n) is 2.37. The first-order valence-corrected chi connectivity index (χ1v) is 7.62. The molecule has 0 unspecified atom stereocenters. The van der Waals surface area contributed by atoms with Gasteiger partial charge in [-0.1, -0.05) is 0 Å². The zero-order valence-electron chi connectivity index (χ0n) is 13.2. The van der Waals surface area contributed by atoms with E-state index >= 15 is 0 Å². The van der Waals surface area contributed by atoms with Gasteiger partial charge < -0.3 is 18.8 Å². The van der Waals surface area contributed by atoms with E-state index < -0.39 is 0 Å². The summed E-state index contributed by atoms with van der Waals surface area (Å²) in [5.74, 6) is 1.40. The summed E-state index contributed by atoms with van der Waals surface area (Å²) in [4.78, 5) is 6.60. The minimum atomic E-state index is 0.242. The van der Waals surface area contributed by atoms with E-state index in [2.05, 4.69) is 9.88 Å². The van der Waals surface area contributed by atoms with Gasteiger partial charge in [0, 0.05) is 31.4 Å². The first-order valence-electron chi connectivity index (χ1n) is 7.62. The second-order valence-electron chi connectivity index (χ2n) is 5.86. The maximum Gasteiger partial charge on any atom is 0.227 e. The summed E-state index contributed by atoms with van der Waals surface area (Å²) in [5.41, 5.74) is 3.65. The summed E-state index contributed by atoms with van der Waals surface area (Å²) < 4.78 is 16.7. The number of ether oxygens (including phenoxy) is 2. The molecule has 0 spiro atoms. The van der Waals surface area contributed by atoms with Gasteiger partial charge >= 0.3 is 0 Å². The Kier molecular flexibility index (Phi) is 3.42. The maximum absolute atomic E-state index is 5.88. The highest BCUT2D eigenvalue weighted by atomic mass is 16.6. The average Bonchev–Trinajstić information content (AvgIpc) is 3.30. The summed E-state index contributed by atoms with van der Waals surface area (Å²) in [5, 5.41) is 0. The molecule has 0 aliphatic carbocycles. The van der Waals surface area contributed by atoms with Crippen LogP contribution in [-0.2, 0) is 4.74 Å². The molecule has 2 heterocycles. The highest BCUT2D eigenvalue weighted by Crippen LogP contribution is 2.28. The van der Waals surface area contributed by atoms with Crippen LogP contribution < -0.4 is 9.64 Å². The molecule has 1 aliphatic rings. The number of fused-ring (bicyclic) bond motifs is 1. The molecular formula is C18H18N2O3. The minimum absolute atomic E-state index is 0.242. The number of nitrogens with zero attached hydrogens (tertiary/aromatic N) is 2. The fourth-order valence-corrected chi connectivity index (χ4v) is 2.37. The predicted octanol–water partition coefficient (Wildman–Crippen LogP) is 3.34. The molecule has 23 heavy (non-hydrogen) atoms. The Balaban J connectivity index is 1.59. The van der Waals surface area contributed by atoms with Crippen molar-refractivity contribution in [2.24, 2.45) is 0 Å². The number of epoxide rings is 1. The van der Waals surface area contributed by atoms with Gasteiger partial charge in [0.25, 0.3) is 0 Å². The molecule has 1 atom stereocenters. The molecule has 0 N–H and O–H groups in total. The quantitative estimate of drug-likeness (QED) is 0.677. The average molecular weight is 310 g/mol. The Bertz CT molecular complexity index is 820. The number of anilines is 1. The number of rotatable bonds is 5. The molecule has 5 nitrogen and oxygen atoms in total. The molecular weight excluding hydrogens is 292 g/mol. The van der Waals surface area contributed by atoms with Crippen LogP contribution in [0.15, 0.2) is 46.9 Å². The topological polar surface area (TPSA) is 51.0 Å². The van der Waals surface area contributed by atoms with Crippen LogP contribution in [0.2, 0.25) is 0 Å². The summed E-state index contributed by atoms with van der Waals surface area (Å²) in [6.07, 6.45) is 0.242. The summed E-state index contributed by atoms with van der Waals surface area (Å²) >= 11 is 0. The van der Waals surface area contributed by atoms with E-state index in [9.17, 15) is 0 Å². The van der Waals surface area contributed by atoms with Crippen LogP contribution in [-0.4, -0.2) is 38.4 Å². The molecule has 5 heteroatoms. The van der Waals surface area contributed by atoms with Crippen molar-refractivity contribution in [1.29, 1.82) is 0 Å².